The van der Waals surface area contributed by atoms with Crippen molar-refractivity contribution in [2.24, 2.45) is 0 Å². The Labute approximate surface area is 89.4 Å². The van der Waals surface area contributed by atoms with Crippen LogP contribution in [0.2, 0.25) is 0 Å². The van der Waals surface area contributed by atoms with Crippen LogP contribution in [-0.2, 0) is 16.1 Å². The summed E-state index contributed by atoms with van der Waals surface area (Å²) in [4.78, 5) is 10.6. The van der Waals surface area contributed by atoms with Crippen LogP contribution in [0.4, 0.5) is 0 Å². The Kier molecular flexibility index (Phi) is 3.48. The van der Waals surface area contributed by atoms with Crippen molar-refractivity contribution >= 4 is 6.29 Å². The maximum atomic E-state index is 10.6. The number of rotatable bonds is 4. The van der Waals surface area contributed by atoms with Crippen molar-refractivity contribution in [3.8, 4) is 0 Å². The molecule has 0 spiro atoms. The second-order valence-electron chi connectivity index (χ2n) is 3.67. The van der Waals surface area contributed by atoms with Crippen molar-refractivity contribution in [3.05, 3.63) is 35.9 Å². The molecular formula is C12H14NO2. The van der Waals surface area contributed by atoms with Crippen LogP contribution in [0.3, 0.4) is 0 Å². The fraction of sp³-hybridized carbons (Fsp3) is 0.417. The van der Waals surface area contributed by atoms with E-state index in [-0.39, 0.29) is 12.1 Å². The molecule has 0 aliphatic carbocycles. The van der Waals surface area contributed by atoms with Gasteiger partial charge in [0.2, 0.25) is 6.29 Å². The van der Waals surface area contributed by atoms with Crippen LogP contribution in [0.25, 0.3) is 0 Å². The monoisotopic (exact) mass is 204 g/mol. The van der Waals surface area contributed by atoms with Crippen LogP contribution < -0.4 is 5.32 Å². The fourth-order valence-electron chi connectivity index (χ4n) is 1.75. The van der Waals surface area contributed by atoms with Gasteiger partial charge in [-0.15, -0.1) is 0 Å². The molecular weight excluding hydrogens is 190 g/mol. The number of nitrogens with one attached hydrogen (secondary N) is 1. The summed E-state index contributed by atoms with van der Waals surface area (Å²) in [5.74, 6) is 0. The summed E-state index contributed by atoms with van der Waals surface area (Å²) in [7, 11) is 0. The molecule has 1 N–H and O–H groups in total. The Morgan fingerprint density at radius 2 is 2.20 bits per heavy atom. The van der Waals surface area contributed by atoms with Gasteiger partial charge in [0, 0.05) is 0 Å². The Hall–Kier alpha value is -1.19. The Bertz CT molecular complexity index is 313. The van der Waals surface area contributed by atoms with Gasteiger partial charge in [0.25, 0.3) is 0 Å². The topological polar surface area (TPSA) is 38.3 Å². The molecule has 1 radical (unpaired) electrons. The minimum atomic E-state index is -0.256. The molecule has 0 aromatic heterocycles. The summed E-state index contributed by atoms with van der Waals surface area (Å²) in [6, 6.07) is 9.71. The predicted octanol–water partition coefficient (Wildman–Crippen LogP) is 1.04. The number of ether oxygens (including phenoxy) is 1. The van der Waals surface area contributed by atoms with Crippen LogP contribution in [0.1, 0.15) is 12.0 Å². The highest BCUT2D eigenvalue weighted by Crippen LogP contribution is 2.12. The van der Waals surface area contributed by atoms with Crippen molar-refractivity contribution in [2.45, 2.75) is 25.2 Å². The first-order valence-electron chi connectivity index (χ1n) is 5.17. The molecule has 1 aliphatic rings. The molecule has 1 heterocycles. The number of hydrogen-bond donors (Lipinski definition) is 1. The van der Waals surface area contributed by atoms with Gasteiger partial charge >= 0.3 is 0 Å². The first kappa shape index (κ1) is 10.3. The molecule has 0 amide bonds. The fourth-order valence-corrected chi connectivity index (χ4v) is 1.75. The highest BCUT2D eigenvalue weighted by Gasteiger charge is 2.27. The lowest BCUT2D eigenvalue weighted by atomic mass is 10.2. The van der Waals surface area contributed by atoms with Crippen LogP contribution in [0, 0.1) is 0 Å². The van der Waals surface area contributed by atoms with Crippen LogP contribution in [0.5, 0.6) is 0 Å². The average molecular weight is 204 g/mol. The quantitative estimate of drug-likeness (QED) is 0.796. The Morgan fingerprint density at radius 3 is 2.93 bits per heavy atom. The molecule has 2 atom stereocenters. The third-order valence-electron chi connectivity index (χ3n) is 2.60. The van der Waals surface area contributed by atoms with Gasteiger partial charge in [-0.1, -0.05) is 30.3 Å². The summed E-state index contributed by atoms with van der Waals surface area (Å²) in [5.41, 5.74) is 1.13. The summed E-state index contributed by atoms with van der Waals surface area (Å²) in [6.07, 6.45) is 2.82. The normalized spacial score (nSPS) is 25.3. The predicted molar refractivity (Wildman–Crippen MR) is 57.1 cm³/mol. The van der Waals surface area contributed by atoms with Crippen LogP contribution in [0.15, 0.2) is 30.3 Å². The number of carbonyl (C=O) groups excluding carboxylic acids is 1. The summed E-state index contributed by atoms with van der Waals surface area (Å²) in [5, 5.41) is 3.04. The smallest absolute Gasteiger partial charge is 0.219 e. The van der Waals surface area contributed by atoms with E-state index in [0.717, 1.165) is 18.5 Å². The van der Waals surface area contributed by atoms with Gasteiger partial charge in [-0.25, -0.2) is 0 Å². The van der Waals surface area contributed by atoms with E-state index in [2.05, 4.69) is 5.32 Å². The largest absolute Gasteiger partial charge is 0.371 e. The van der Waals surface area contributed by atoms with Crippen molar-refractivity contribution in [1.29, 1.82) is 0 Å². The average Bonchev–Trinajstić information content (AvgIpc) is 2.75. The molecule has 1 aliphatic heterocycles. The van der Waals surface area contributed by atoms with E-state index in [1.165, 1.54) is 0 Å². The van der Waals surface area contributed by atoms with Crippen molar-refractivity contribution < 1.29 is 9.53 Å². The van der Waals surface area contributed by atoms with E-state index < -0.39 is 0 Å². The number of benzene rings is 1. The Morgan fingerprint density at radius 1 is 1.40 bits per heavy atom. The van der Waals surface area contributed by atoms with E-state index in [4.69, 9.17) is 4.74 Å². The maximum Gasteiger partial charge on any atom is 0.219 e. The minimum Gasteiger partial charge on any atom is -0.371 e. The lowest BCUT2D eigenvalue weighted by Crippen LogP contribution is -2.33. The first-order chi connectivity index (χ1) is 7.40. The Balaban J connectivity index is 1.85. The zero-order chi connectivity index (χ0) is 10.5. The van der Waals surface area contributed by atoms with Gasteiger partial charge in [0.1, 0.15) is 6.04 Å². The maximum absolute atomic E-state index is 10.6. The van der Waals surface area contributed by atoms with E-state index in [1.54, 1.807) is 0 Å². The molecule has 15 heavy (non-hydrogen) atoms. The number of hydrogen-bond acceptors (Lipinski definition) is 3. The molecule has 1 unspecified atom stereocenters. The summed E-state index contributed by atoms with van der Waals surface area (Å²) >= 11 is 0. The SMILES string of the molecule is O=[C][C@H]1NCCC1OCc1ccccc1. The molecule has 1 saturated heterocycles. The van der Waals surface area contributed by atoms with Crippen molar-refractivity contribution in [1.82, 2.24) is 5.32 Å². The zero-order valence-corrected chi connectivity index (χ0v) is 8.48. The third-order valence-corrected chi connectivity index (χ3v) is 2.60. The molecule has 3 nitrogen and oxygen atoms in total. The second-order valence-corrected chi connectivity index (χ2v) is 3.67. The molecule has 2 rings (SSSR count). The van der Waals surface area contributed by atoms with Crippen molar-refractivity contribution in [2.75, 3.05) is 6.54 Å². The standard InChI is InChI=1S/C12H14NO2/c14-8-11-12(6-7-13-11)15-9-10-4-2-1-3-5-10/h1-5,11-13H,6-7,9H2/t11-,12?/m1/s1. The first-order valence-corrected chi connectivity index (χ1v) is 5.17. The molecule has 1 aromatic carbocycles. The highest BCUT2D eigenvalue weighted by atomic mass is 16.5. The molecule has 1 fully saturated rings. The van der Waals surface area contributed by atoms with Crippen LogP contribution >= 0.6 is 0 Å². The third kappa shape index (κ3) is 2.64. The van der Waals surface area contributed by atoms with E-state index in [9.17, 15) is 4.79 Å². The van der Waals surface area contributed by atoms with Gasteiger partial charge in [0.15, 0.2) is 0 Å². The highest BCUT2D eigenvalue weighted by molar-refractivity contribution is 5.60. The van der Waals surface area contributed by atoms with Crippen molar-refractivity contribution in [3.63, 3.8) is 0 Å². The molecule has 3 heteroatoms. The lowest BCUT2D eigenvalue weighted by molar-refractivity contribution is 0.0444. The molecule has 1 aromatic rings. The summed E-state index contributed by atoms with van der Waals surface area (Å²) in [6.45, 7) is 1.39. The second kappa shape index (κ2) is 5.05. The van der Waals surface area contributed by atoms with Gasteiger partial charge in [0.05, 0.1) is 12.7 Å². The lowest BCUT2D eigenvalue weighted by Gasteiger charge is -2.14. The molecule has 79 valence electrons. The van der Waals surface area contributed by atoms with E-state index in [1.807, 2.05) is 36.6 Å². The minimum absolute atomic E-state index is 0.0253. The van der Waals surface area contributed by atoms with E-state index in [0.29, 0.717) is 6.61 Å². The van der Waals surface area contributed by atoms with E-state index >= 15 is 0 Å². The van der Waals surface area contributed by atoms with Crippen LogP contribution in [-0.4, -0.2) is 25.0 Å². The van der Waals surface area contributed by atoms with Gasteiger partial charge in [-0.3, -0.25) is 4.79 Å². The van der Waals surface area contributed by atoms with Gasteiger partial charge in [-0.05, 0) is 18.5 Å². The van der Waals surface area contributed by atoms with Gasteiger partial charge < -0.3 is 10.1 Å². The summed E-state index contributed by atoms with van der Waals surface area (Å²) < 4.78 is 5.67. The zero-order valence-electron chi connectivity index (χ0n) is 8.48. The van der Waals surface area contributed by atoms with Gasteiger partial charge in [-0.2, -0.15) is 0 Å². The molecule has 0 saturated carbocycles. The molecule has 0 bridgehead atoms.